The van der Waals surface area contributed by atoms with E-state index in [1.54, 1.807) is 11.1 Å². The third-order valence-corrected chi connectivity index (χ3v) is 4.01. The Labute approximate surface area is 142 Å². The van der Waals surface area contributed by atoms with E-state index in [9.17, 15) is 4.79 Å². The van der Waals surface area contributed by atoms with Gasteiger partial charge in [-0.1, -0.05) is 54.6 Å². The molecule has 3 nitrogen and oxygen atoms in total. The molecule has 1 aromatic heterocycles. The lowest BCUT2D eigenvalue weighted by molar-refractivity contribution is 0.0785. The highest BCUT2D eigenvalue weighted by molar-refractivity contribution is 5.93. The average Bonchev–Trinajstić information content (AvgIpc) is 2.63. The van der Waals surface area contributed by atoms with E-state index in [0.717, 1.165) is 22.4 Å². The van der Waals surface area contributed by atoms with Gasteiger partial charge in [0.05, 0.1) is 5.56 Å². The quantitative estimate of drug-likeness (QED) is 0.718. The van der Waals surface area contributed by atoms with Gasteiger partial charge in [0.2, 0.25) is 0 Å². The Balaban J connectivity index is 1.83. The molecule has 0 aliphatic heterocycles. The maximum atomic E-state index is 12.6. The average molecular weight is 316 g/mol. The van der Waals surface area contributed by atoms with E-state index in [1.807, 2.05) is 56.4 Å². The Morgan fingerprint density at radius 2 is 1.67 bits per heavy atom. The summed E-state index contributed by atoms with van der Waals surface area (Å²) in [7, 11) is 1.82. The summed E-state index contributed by atoms with van der Waals surface area (Å²) in [5.41, 5.74) is 4.95. The third-order valence-electron chi connectivity index (χ3n) is 4.01. The van der Waals surface area contributed by atoms with Crippen LogP contribution in [0.3, 0.4) is 0 Å². The van der Waals surface area contributed by atoms with Gasteiger partial charge in [0.1, 0.15) is 0 Å². The van der Waals surface area contributed by atoms with Crippen LogP contribution in [0.1, 0.15) is 21.6 Å². The predicted octanol–water partition coefficient (Wildman–Crippen LogP) is 4.33. The summed E-state index contributed by atoms with van der Waals surface area (Å²) in [5, 5.41) is 0. The molecule has 2 aromatic carbocycles. The zero-order chi connectivity index (χ0) is 16.9. The van der Waals surface area contributed by atoms with E-state index in [2.05, 4.69) is 29.2 Å². The smallest absolute Gasteiger partial charge is 0.255 e. The van der Waals surface area contributed by atoms with Gasteiger partial charge in [0.25, 0.3) is 5.91 Å². The molecular formula is C21H20N2O. The monoisotopic (exact) mass is 316 g/mol. The van der Waals surface area contributed by atoms with Crippen molar-refractivity contribution in [3.8, 4) is 11.1 Å². The maximum Gasteiger partial charge on any atom is 0.255 e. The highest BCUT2D eigenvalue weighted by Crippen LogP contribution is 2.24. The van der Waals surface area contributed by atoms with E-state index in [-0.39, 0.29) is 5.91 Å². The van der Waals surface area contributed by atoms with Gasteiger partial charge in [-0.05, 0) is 35.7 Å². The number of amides is 1. The molecule has 120 valence electrons. The van der Waals surface area contributed by atoms with Gasteiger partial charge < -0.3 is 4.90 Å². The third kappa shape index (κ3) is 3.51. The van der Waals surface area contributed by atoms with E-state index in [0.29, 0.717) is 12.1 Å². The van der Waals surface area contributed by atoms with Crippen molar-refractivity contribution in [2.45, 2.75) is 13.5 Å². The fourth-order valence-electron chi connectivity index (χ4n) is 2.70. The summed E-state index contributed by atoms with van der Waals surface area (Å²) in [6, 6.07) is 22.1. The van der Waals surface area contributed by atoms with Gasteiger partial charge in [-0.3, -0.25) is 9.78 Å². The molecule has 0 N–H and O–H groups in total. The van der Waals surface area contributed by atoms with Crippen LogP contribution in [0.4, 0.5) is 0 Å². The van der Waals surface area contributed by atoms with Gasteiger partial charge in [-0.25, -0.2) is 0 Å². The lowest BCUT2D eigenvalue weighted by Crippen LogP contribution is -2.26. The number of rotatable bonds is 4. The zero-order valence-corrected chi connectivity index (χ0v) is 13.9. The molecule has 0 radical (unpaired) electrons. The number of carbonyl (C=O) groups excluding carboxylic acids is 1. The molecule has 0 saturated heterocycles. The lowest BCUT2D eigenvalue weighted by atomic mass is 9.99. The van der Waals surface area contributed by atoms with Crippen LogP contribution in [0.2, 0.25) is 0 Å². The summed E-state index contributed by atoms with van der Waals surface area (Å²) < 4.78 is 0. The topological polar surface area (TPSA) is 33.2 Å². The minimum atomic E-state index is -0.0228. The van der Waals surface area contributed by atoms with Crippen molar-refractivity contribution in [3.63, 3.8) is 0 Å². The lowest BCUT2D eigenvalue weighted by Gasteiger charge is -2.19. The molecule has 24 heavy (non-hydrogen) atoms. The molecule has 0 spiro atoms. The molecule has 1 amide bonds. The van der Waals surface area contributed by atoms with Crippen LogP contribution in [-0.4, -0.2) is 22.8 Å². The second-order valence-electron chi connectivity index (χ2n) is 5.87. The number of hydrogen-bond acceptors (Lipinski definition) is 2. The second kappa shape index (κ2) is 7.09. The highest BCUT2D eigenvalue weighted by atomic mass is 16.2. The van der Waals surface area contributed by atoms with Gasteiger partial charge in [0, 0.05) is 25.5 Å². The summed E-state index contributed by atoms with van der Waals surface area (Å²) in [5.74, 6) is -0.0228. The number of aromatic nitrogens is 1. The Hall–Kier alpha value is -2.94. The number of benzene rings is 2. The van der Waals surface area contributed by atoms with Crippen LogP contribution >= 0.6 is 0 Å². The largest absolute Gasteiger partial charge is 0.337 e. The second-order valence-corrected chi connectivity index (χ2v) is 5.87. The predicted molar refractivity (Wildman–Crippen MR) is 96.6 cm³/mol. The number of pyridine rings is 1. The minimum Gasteiger partial charge on any atom is -0.337 e. The molecule has 3 heteroatoms. The van der Waals surface area contributed by atoms with Crippen molar-refractivity contribution >= 4 is 5.91 Å². The molecule has 0 saturated carbocycles. The van der Waals surface area contributed by atoms with Gasteiger partial charge in [-0.15, -0.1) is 0 Å². The molecular weight excluding hydrogens is 296 g/mol. The van der Waals surface area contributed by atoms with Crippen LogP contribution in [0.15, 0.2) is 72.9 Å². The van der Waals surface area contributed by atoms with Crippen LogP contribution in [0, 0.1) is 6.92 Å². The SMILES string of the molecule is Cc1ccc(C(=O)N(C)Cc2ccccc2-c2ccccc2)cn1. The van der Waals surface area contributed by atoms with Gasteiger partial charge in [-0.2, -0.15) is 0 Å². The Kier molecular flexibility index (Phi) is 4.71. The van der Waals surface area contributed by atoms with Crippen molar-refractivity contribution < 1.29 is 4.79 Å². The normalized spacial score (nSPS) is 10.4. The van der Waals surface area contributed by atoms with Crippen molar-refractivity contribution in [2.75, 3.05) is 7.05 Å². The number of aryl methyl sites for hydroxylation is 1. The first-order valence-electron chi connectivity index (χ1n) is 7.96. The summed E-state index contributed by atoms with van der Waals surface area (Å²) in [6.45, 7) is 2.46. The summed E-state index contributed by atoms with van der Waals surface area (Å²) in [6.07, 6.45) is 1.64. The van der Waals surface area contributed by atoms with Gasteiger partial charge in [0.15, 0.2) is 0 Å². The van der Waals surface area contributed by atoms with Crippen molar-refractivity contribution in [3.05, 3.63) is 89.7 Å². The summed E-state index contributed by atoms with van der Waals surface area (Å²) in [4.78, 5) is 18.5. The first-order valence-corrected chi connectivity index (χ1v) is 7.96. The van der Waals surface area contributed by atoms with Crippen LogP contribution in [0.25, 0.3) is 11.1 Å². The van der Waals surface area contributed by atoms with Crippen molar-refractivity contribution in [2.24, 2.45) is 0 Å². The van der Waals surface area contributed by atoms with Crippen LogP contribution in [0.5, 0.6) is 0 Å². The van der Waals surface area contributed by atoms with Crippen LogP contribution in [-0.2, 0) is 6.54 Å². The molecule has 0 unspecified atom stereocenters. The maximum absolute atomic E-state index is 12.6. The number of nitrogens with zero attached hydrogens (tertiary/aromatic N) is 2. The molecule has 0 aliphatic carbocycles. The van der Waals surface area contributed by atoms with E-state index < -0.39 is 0 Å². The molecule has 3 aromatic rings. The fraction of sp³-hybridized carbons (Fsp3) is 0.143. The molecule has 0 atom stereocenters. The first kappa shape index (κ1) is 15.9. The molecule has 0 bridgehead atoms. The standard InChI is InChI=1S/C21H20N2O/c1-16-12-13-18(14-22-16)21(24)23(2)15-19-10-6-7-11-20(19)17-8-4-3-5-9-17/h3-14H,15H2,1-2H3. The molecule has 1 heterocycles. The Morgan fingerprint density at radius 1 is 0.958 bits per heavy atom. The van der Waals surface area contributed by atoms with Crippen molar-refractivity contribution in [1.82, 2.24) is 9.88 Å². The summed E-state index contributed by atoms with van der Waals surface area (Å²) >= 11 is 0. The van der Waals surface area contributed by atoms with E-state index in [4.69, 9.17) is 0 Å². The van der Waals surface area contributed by atoms with Crippen molar-refractivity contribution in [1.29, 1.82) is 0 Å². The van der Waals surface area contributed by atoms with Gasteiger partial charge >= 0.3 is 0 Å². The number of hydrogen-bond donors (Lipinski definition) is 0. The Bertz CT molecular complexity index is 826. The molecule has 3 rings (SSSR count). The van der Waals surface area contributed by atoms with E-state index >= 15 is 0 Å². The number of carbonyl (C=O) groups is 1. The fourth-order valence-corrected chi connectivity index (χ4v) is 2.70. The Morgan fingerprint density at radius 3 is 2.38 bits per heavy atom. The zero-order valence-electron chi connectivity index (χ0n) is 13.9. The highest BCUT2D eigenvalue weighted by Gasteiger charge is 2.14. The first-order chi connectivity index (χ1) is 11.6. The molecule has 0 fully saturated rings. The van der Waals surface area contributed by atoms with Crippen LogP contribution < -0.4 is 0 Å². The molecule has 0 aliphatic rings. The minimum absolute atomic E-state index is 0.0228. The van der Waals surface area contributed by atoms with E-state index in [1.165, 1.54) is 0 Å².